The Hall–Kier alpha value is -1.06. The van der Waals surface area contributed by atoms with Gasteiger partial charge >= 0.3 is 0 Å². The molecule has 1 rings (SSSR count). The lowest BCUT2D eigenvalue weighted by Crippen LogP contribution is -2.10. The summed E-state index contributed by atoms with van der Waals surface area (Å²) in [4.78, 5) is 0. The van der Waals surface area contributed by atoms with Gasteiger partial charge in [-0.3, -0.25) is 0 Å². The minimum absolute atomic E-state index is 0. The van der Waals surface area contributed by atoms with E-state index in [-0.39, 0.29) is 18.2 Å². The van der Waals surface area contributed by atoms with Crippen molar-refractivity contribution >= 4 is 12.4 Å². The van der Waals surface area contributed by atoms with Gasteiger partial charge in [-0.25, -0.2) is 4.39 Å². The Labute approximate surface area is 95.0 Å². The van der Waals surface area contributed by atoms with Crippen molar-refractivity contribution in [1.29, 1.82) is 0 Å². The molecule has 0 aromatic heterocycles. The quantitative estimate of drug-likeness (QED) is 0.786. The molecule has 2 nitrogen and oxygen atoms in total. The fourth-order valence-electron chi connectivity index (χ4n) is 1.29. The van der Waals surface area contributed by atoms with Crippen molar-refractivity contribution in [2.24, 2.45) is 5.73 Å². The molecule has 1 aromatic rings. The highest BCUT2D eigenvalue weighted by atomic mass is 35.5. The fourth-order valence-corrected chi connectivity index (χ4v) is 1.29. The molecule has 84 valence electrons. The molecule has 0 aliphatic rings. The van der Waals surface area contributed by atoms with Crippen LogP contribution in [0.1, 0.15) is 23.6 Å². The van der Waals surface area contributed by atoms with E-state index in [2.05, 4.69) is 6.58 Å². The number of halogens is 2. The molecule has 0 heterocycles. The van der Waals surface area contributed by atoms with Crippen molar-refractivity contribution < 1.29 is 9.50 Å². The van der Waals surface area contributed by atoms with Crippen molar-refractivity contribution in [1.82, 2.24) is 0 Å². The lowest BCUT2D eigenvalue weighted by molar-refractivity contribution is 0.418. The minimum Gasteiger partial charge on any atom is -0.505 e. The molecule has 1 aromatic carbocycles. The number of rotatable bonds is 3. The van der Waals surface area contributed by atoms with Crippen LogP contribution in [-0.2, 0) is 0 Å². The van der Waals surface area contributed by atoms with Gasteiger partial charge in [-0.2, -0.15) is 0 Å². The van der Waals surface area contributed by atoms with Crippen LogP contribution < -0.4 is 5.73 Å². The van der Waals surface area contributed by atoms with E-state index in [9.17, 15) is 9.50 Å². The Kier molecular flexibility index (Phi) is 5.33. The van der Waals surface area contributed by atoms with Gasteiger partial charge in [0, 0.05) is 11.6 Å². The summed E-state index contributed by atoms with van der Waals surface area (Å²) in [6.45, 7) is 5.14. The molecule has 0 aliphatic heterocycles. The van der Waals surface area contributed by atoms with Crippen molar-refractivity contribution in [2.75, 3.05) is 0 Å². The van der Waals surface area contributed by atoms with Gasteiger partial charge < -0.3 is 10.8 Å². The predicted molar refractivity (Wildman–Crippen MR) is 61.8 cm³/mol. The van der Waals surface area contributed by atoms with Gasteiger partial charge in [0.15, 0.2) is 11.6 Å². The molecule has 0 radical (unpaired) electrons. The van der Waals surface area contributed by atoms with Gasteiger partial charge in [0.25, 0.3) is 0 Å². The van der Waals surface area contributed by atoms with Gasteiger partial charge in [-0.1, -0.05) is 18.2 Å². The number of benzene rings is 1. The summed E-state index contributed by atoms with van der Waals surface area (Å²) in [5.74, 6) is -0.943. The first-order valence-corrected chi connectivity index (χ1v) is 4.42. The summed E-state index contributed by atoms with van der Waals surface area (Å²) in [7, 11) is 0. The Morgan fingerprint density at radius 3 is 2.73 bits per heavy atom. The van der Waals surface area contributed by atoms with Gasteiger partial charge in [0.2, 0.25) is 0 Å². The number of phenolic OH excluding ortho intramolecular Hbond substituents is 1. The first kappa shape index (κ1) is 13.9. The predicted octanol–water partition coefficient (Wildman–Crippen LogP) is 2.84. The number of hydrogen-bond donors (Lipinski definition) is 2. The fraction of sp³-hybridized carbons (Fsp3) is 0.273. The maximum Gasteiger partial charge on any atom is 0.168 e. The third kappa shape index (κ3) is 2.94. The number of phenols is 1. The average Bonchev–Trinajstić information content (AvgIpc) is 2.15. The van der Waals surface area contributed by atoms with Gasteiger partial charge in [0.05, 0.1) is 0 Å². The molecular formula is C11H15ClFNO. The molecule has 0 spiro atoms. The van der Waals surface area contributed by atoms with E-state index in [0.29, 0.717) is 17.5 Å². The van der Waals surface area contributed by atoms with E-state index in [4.69, 9.17) is 5.73 Å². The molecular weight excluding hydrogens is 217 g/mol. The first-order valence-electron chi connectivity index (χ1n) is 4.42. The summed E-state index contributed by atoms with van der Waals surface area (Å²) in [6, 6.07) is 2.84. The van der Waals surface area contributed by atoms with Crippen molar-refractivity contribution in [2.45, 2.75) is 19.4 Å². The van der Waals surface area contributed by atoms with Gasteiger partial charge in [0.1, 0.15) is 0 Å². The standard InChI is InChI=1S/C11H14FNO.ClH/c1-3-4-9(13)8-6-5-7(2)10(12)11(8)14;/h3,5-6,9,14H,1,4,13H2,2H3;1H/t9-;/m0./s1. The maximum absolute atomic E-state index is 13.3. The number of nitrogens with two attached hydrogens (primary N) is 1. The lowest BCUT2D eigenvalue weighted by Gasteiger charge is -2.12. The summed E-state index contributed by atoms with van der Waals surface area (Å²) in [5, 5.41) is 9.49. The summed E-state index contributed by atoms with van der Waals surface area (Å²) < 4.78 is 13.3. The molecule has 3 N–H and O–H groups in total. The van der Waals surface area contributed by atoms with Crippen LogP contribution in [0, 0.1) is 12.7 Å². The molecule has 0 amide bonds. The van der Waals surface area contributed by atoms with Crippen LogP contribution >= 0.6 is 12.4 Å². The topological polar surface area (TPSA) is 46.2 Å². The molecule has 0 bridgehead atoms. The minimum atomic E-state index is -0.595. The third-order valence-corrected chi connectivity index (χ3v) is 2.16. The monoisotopic (exact) mass is 231 g/mol. The molecule has 0 unspecified atom stereocenters. The van der Waals surface area contributed by atoms with Crippen LogP contribution in [0.15, 0.2) is 24.8 Å². The number of hydrogen-bond acceptors (Lipinski definition) is 2. The van der Waals surface area contributed by atoms with Crippen LogP contribution in [0.5, 0.6) is 5.75 Å². The molecule has 0 aliphatic carbocycles. The zero-order valence-corrected chi connectivity index (χ0v) is 9.35. The molecule has 15 heavy (non-hydrogen) atoms. The normalized spacial score (nSPS) is 11.7. The summed E-state index contributed by atoms with van der Waals surface area (Å²) in [5.41, 5.74) is 6.57. The Morgan fingerprint density at radius 1 is 1.60 bits per heavy atom. The highest BCUT2D eigenvalue weighted by Crippen LogP contribution is 2.29. The second-order valence-electron chi connectivity index (χ2n) is 3.27. The summed E-state index contributed by atoms with van der Waals surface area (Å²) in [6.07, 6.45) is 2.15. The van der Waals surface area contributed by atoms with Crippen LogP contribution in [0.3, 0.4) is 0 Å². The maximum atomic E-state index is 13.3. The number of aromatic hydroxyl groups is 1. The highest BCUT2D eigenvalue weighted by molar-refractivity contribution is 5.85. The van der Waals surface area contributed by atoms with Crippen molar-refractivity contribution in [3.8, 4) is 5.75 Å². The third-order valence-electron chi connectivity index (χ3n) is 2.16. The van der Waals surface area contributed by atoms with E-state index in [0.717, 1.165) is 0 Å². The van der Waals surface area contributed by atoms with E-state index in [1.807, 2.05) is 0 Å². The molecule has 4 heteroatoms. The smallest absolute Gasteiger partial charge is 0.168 e. The number of aryl methyl sites for hydroxylation is 1. The van der Waals surface area contributed by atoms with Crippen molar-refractivity contribution in [3.63, 3.8) is 0 Å². The summed E-state index contributed by atoms with van der Waals surface area (Å²) >= 11 is 0. The van der Waals surface area contributed by atoms with E-state index in [1.54, 1.807) is 25.1 Å². The van der Waals surface area contributed by atoms with E-state index < -0.39 is 11.9 Å². The molecule has 0 saturated carbocycles. The van der Waals surface area contributed by atoms with Crippen LogP contribution in [0.25, 0.3) is 0 Å². The second kappa shape index (κ2) is 5.73. The van der Waals surface area contributed by atoms with E-state index in [1.165, 1.54) is 0 Å². The van der Waals surface area contributed by atoms with Crippen LogP contribution in [0.4, 0.5) is 4.39 Å². The Morgan fingerprint density at radius 2 is 2.20 bits per heavy atom. The van der Waals surface area contributed by atoms with Gasteiger partial charge in [-0.05, 0) is 18.9 Å². The van der Waals surface area contributed by atoms with Crippen LogP contribution in [-0.4, -0.2) is 5.11 Å². The highest BCUT2D eigenvalue weighted by Gasteiger charge is 2.14. The van der Waals surface area contributed by atoms with Crippen LogP contribution in [0.2, 0.25) is 0 Å². The Bertz CT molecular complexity index is 355. The zero-order chi connectivity index (χ0) is 10.7. The van der Waals surface area contributed by atoms with Gasteiger partial charge in [-0.15, -0.1) is 19.0 Å². The average molecular weight is 232 g/mol. The SMILES string of the molecule is C=CC[C@H](N)c1ccc(C)c(F)c1O.Cl. The molecule has 0 saturated heterocycles. The van der Waals surface area contributed by atoms with E-state index >= 15 is 0 Å². The lowest BCUT2D eigenvalue weighted by atomic mass is 10.0. The molecule has 0 fully saturated rings. The van der Waals surface area contributed by atoms with Crippen molar-refractivity contribution in [3.05, 3.63) is 41.7 Å². The Balaban J connectivity index is 0.00000196. The zero-order valence-electron chi connectivity index (χ0n) is 8.53. The largest absolute Gasteiger partial charge is 0.505 e. The second-order valence-corrected chi connectivity index (χ2v) is 3.27. The molecule has 1 atom stereocenters. The first-order chi connectivity index (χ1) is 6.57.